The predicted molar refractivity (Wildman–Crippen MR) is 78.1 cm³/mol. The maximum absolute atomic E-state index is 12.8. The van der Waals surface area contributed by atoms with Crippen LogP contribution in [0.4, 0.5) is 5.69 Å². The highest BCUT2D eigenvalue weighted by atomic mass is 16.2. The Balaban J connectivity index is 2.12. The highest BCUT2D eigenvalue weighted by Gasteiger charge is 2.41. The second-order valence-corrected chi connectivity index (χ2v) is 5.53. The molecule has 3 rings (SSSR count). The van der Waals surface area contributed by atoms with E-state index in [4.69, 9.17) is 0 Å². The Hall–Kier alpha value is -1.68. The lowest BCUT2D eigenvalue weighted by Crippen LogP contribution is -2.48. The Kier molecular flexibility index (Phi) is 3.34. The highest BCUT2D eigenvalue weighted by Crippen LogP contribution is 2.39. The molecule has 0 fully saturated rings. The number of amides is 1. The first kappa shape index (κ1) is 13.3. The SMILES string of the molecule is CCNC1CC(=O)c2cccc3c2N(C1=O)C(CC)C3. The van der Waals surface area contributed by atoms with Crippen LogP contribution in [0, 0.1) is 0 Å². The molecule has 106 valence electrons. The molecular weight excluding hydrogens is 252 g/mol. The lowest BCUT2D eigenvalue weighted by atomic mass is 10.00. The van der Waals surface area contributed by atoms with Gasteiger partial charge in [-0.15, -0.1) is 0 Å². The van der Waals surface area contributed by atoms with E-state index in [2.05, 4.69) is 12.2 Å². The molecule has 0 saturated heterocycles. The fraction of sp³-hybridized carbons (Fsp3) is 0.500. The quantitative estimate of drug-likeness (QED) is 0.914. The number of anilines is 1. The van der Waals surface area contributed by atoms with Crippen molar-refractivity contribution in [2.24, 2.45) is 0 Å². The van der Waals surface area contributed by atoms with Crippen molar-refractivity contribution in [2.45, 2.75) is 45.2 Å². The van der Waals surface area contributed by atoms with Gasteiger partial charge in [-0.1, -0.05) is 26.0 Å². The fourth-order valence-corrected chi connectivity index (χ4v) is 3.37. The van der Waals surface area contributed by atoms with Crippen LogP contribution in [0.3, 0.4) is 0 Å². The van der Waals surface area contributed by atoms with E-state index in [1.54, 1.807) is 0 Å². The standard InChI is InChI=1S/C16H20N2O2/c1-3-11-8-10-6-5-7-12-14(19)9-13(17-4-2)16(20)18(11)15(10)12/h5-7,11,13,17H,3-4,8-9H2,1-2H3. The number of likely N-dealkylation sites (N-methyl/N-ethyl adjacent to an activating group) is 1. The fourth-order valence-electron chi connectivity index (χ4n) is 3.37. The topological polar surface area (TPSA) is 49.4 Å². The van der Waals surface area contributed by atoms with E-state index in [9.17, 15) is 9.59 Å². The molecule has 1 N–H and O–H groups in total. The number of para-hydroxylation sites is 1. The number of carbonyl (C=O) groups is 2. The zero-order valence-electron chi connectivity index (χ0n) is 12.0. The number of hydrogen-bond acceptors (Lipinski definition) is 3. The van der Waals surface area contributed by atoms with Gasteiger partial charge in [0.1, 0.15) is 0 Å². The van der Waals surface area contributed by atoms with Crippen LogP contribution >= 0.6 is 0 Å². The van der Waals surface area contributed by atoms with Gasteiger partial charge < -0.3 is 10.2 Å². The van der Waals surface area contributed by atoms with Gasteiger partial charge in [-0.3, -0.25) is 9.59 Å². The molecular formula is C16H20N2O2. The summed E-state index contributed by atoms with van der Waals surface area (Å²) >= 11 is 0. The Morgan fingerprint density at radius 2 is 2.05 bits per heavy atom. The van der Waals surface area contributed by atoms with E-state index in [-0.39, 0.29) is 30.2 Å². The van der Waals surface area contributed by atoms with Gasteiger partial charge >= 0.3 is 0 Å². The summed E-state index contributed by atoms with van der Waals surface area (Å²) in [7, 11) is 0. The summed E-state index contributed by atoms with van der Waals surface area (Å²) in [5, 5.41) is 3.16. The number of rotatable bonds is 3. The van der Waals surface area contributed by atoms with Gasteiger partial charge in [0.25, 0.3) is 0 Å². The van der Waals surface area contributed by atoms with Crippen LogP contribution in [0.2, 0.25) is 0 Å². The Labute approximate surface area is 119 Å². The summed E-state index contributed by atoms with van der Waals surface area (Å²) in [6.07, 6.45) is 2.03. The molecule has 1 amide bonds. The van der Waals surface area contributed by atoms with Crippen molar-refractivity contribution in [3.63, 3.8) is 0 Å². The molecule has 2 aliphatic rings. The smallest absolute Gasteiger partial charge is 0.244 e. The largest absolute Gasteiger partial charge is 0.307 e. The first-order chi connectivity index (χ1) is 9.67. The van der Waals surface area contributed by atoms with Crippen LogP contribution in [0.1, 0.15) is 42.6 Å². The van der Waals surface area contributed by atoms with Crippen molar-refractivity contribution >= 4 is 17.4 Å². The van der Waals surface area contributed by atoms with Crippen LogP contribution in [-0.2, 0) is 11.2 Å². The molecule has 4 heteroatoms. The molecule has 2 aliphatic heterocycles. The van der Waals surface area contributed by atoms with Gasteiger partial charge in [0.15, 0.2) is 5.78 Å². The molecule has 0 radical (unpaired) electrons. The van der Waals surface area contributed by atoms with Crippen molar-refractivity contribution < 1.29 is 9.59 Å². The van der Waals surface area contributed by atoms with E-state index in [0.29, 0.717) is 12.1 Å². The van der Waals surface area contributed by atoms with Crippen LogP contribution < -0.4 is 10.2 Å². The number of hydrogen-bond donors (Lipinski definition) is 1. The third-order valence-corrected chi connectivity index (χ3v) is 4.33. The van der Waals surface area contributed by atoms with Crippen molar-refractivity contribution in [1.29, 1.82) is 0 Å². The molecule has 2 unspecified atom stereocenters. The Morgan fingerprint density at radius 1 is 1.25 bits per heavy atom. The number of nitrogens with zero attached hydrogens (tertiary/aromatic N) is 1. The van der Waals surface area contributed by atoms with Crippen LogP contribution in [0.25, 0.3) is 0 Å². The van der Waals surface area contributed by atoms with E-state index >= 15 is 0 Å². The zero-order valence-corrected chi connectivity index (χ0v) is 12.0. The molecule has 20 heavy (non-hydrogen) atoms. The summed E-state index contributed by atoms with van der Waals surface area (Å²) in [6.45, 7) is 4.75. The van der Waals surface area contributed by atoms with Crippen LogP contribution in [-0.4, -0.2) is 30.3 Å². The molecule has 0 bridgehead atoms. The minimum atomic E-state index is -0.389. The molecule has 1 aromatic carbocycles. The molecule has 1 aromatic rings. The van der Waals surface area contributed by atoms with Crippen molar-refractivity contribution in [1.82, 2.24) is 5.32 Å². The summed E-state index contributed by atoms with van der Waals surface area (Å²) in [5.74, 6) is 0.121. The van der Waals surface area contributed by atoms with Gasteiger partial charge in [0.05, 0.1) is 11.7 Å². The molecule has 0 aromatic heterocycles. The lowest BCUT2D eigenvalue weighted by Gasteiger charge is -2.27. The average molecular weight is 272 g/mol. The number of carbonyl (C=O) groups excluding carboxylic acids is 2. The molecule has 0 saturated carbocycles. The average Bonchev–Trinajstić information content (AvgIpc) is 2.79. The second-order valence-electron chi connectivity index (χ2n) is 5.53. The highest BCUT2D eigenvalue weighted by molar-refractivity contribution is 6.13. The second kappa shape index (κ2) is 5.02. The third kappa shape index (κ3) is 1.86. The number of benzene rings is 1. The number of ketones is 1. The Morgan fingerprint density at radius 3 is 2.75 bits per heavy atom. The molecule has 2 atom stereocenters. The lowest BCUT2D eigenvalue weighted by molar-refractivity contribution is -0.120. The summed E-state index contributed by atoms with van der Waals surface area (Å²) < 4.78 is 0. The maximum atomic E-state index is 12.8. The molecule has 2 heterocycles. The van der Waals surface area contributed by atoms with E-state index in [0.717, 1.165) is 24.1 Å². The van der Waals surface area contributed by atoms with E-state index in [1.165, 1.54) is 0 Å². The molecule has 0 spiro atoms. The minimum absolute atomic E-state index is 0.0516. The summed E-state index contributed by atoms with van der Waals surface area (Å²) in [4.78, 5) is 27.1. The number of nitrogens with one attached hydrogen (secondary N) is 1. The van der Waals surface area contributed by atoms with Crippen molar-refractivity contribution in [2.75, 3.05) is 11.4 Å². The van der Waals surface area contributed by atoms with Gasteiger partial charge in [-0.25, -0.2) is 0 Å². The maximum Gasteiger partial charge on any atom is 0.244 e. The van der Waals surface area contributed by atoms with Gasteiger partial charge in [0.2, 0.25) is 5.91 Å². The monoisotopic (exact) mass is 272 g/mol. The first-order valence-corrected chi connectivity index (χ1v) is 7.38. The first-order valence-electron chi connectivity index (χ1n) is 7.38. The van der Waals surface area contributed by atoms with E-state index < -0.39 is 0 Å². The minimum Gasteiger partial charge on any atom is -0.307 e. The molecule has 4 nitrogen and oxygen atoms in total. The van der Waals surface area contributed by atoms with Crippen molar-refractivity contribution in [3.05, 3.63) is 29.3 Å². The van der Waals surface area contributed by atoms with Gasteiger partial charge in [-0.05, 0) is 31.0 Å². The normalized spacial score (nSPS) is 24.8. The summed E-state index contributed by atoms with van der Waals surface area (Å²) in [5.41, 5.74) is 2.72. The predicted octanol–water partition coefficient (Wildman–Crippen LogP) is 1.92. The van der Waals surface area contributed by atoms with Gasteiger partial charge in [-0.2, -0.15) is 0 Å². The van der Waals surface area contributed by atoms with Crippen LogP contribution in [0.15, 0.2) is 18.2 Å². The summed E-state index contributed by atoms with van der Waals surface area (Å²) in [6, 6.07) is 5.62. The zero-order chi connectivity index (χ0) is 14.3. The van der Waals surface area contributed by atoms with E-state index in [1.807, 2.05) is 30.0 Å². The third-order valence-electron chi connectivity index (χ3n) is 4.33. The molecule has 0 aliphatic carbocycles. The Bertz CT molecular complexity index is 568. The van der Waals surface area contributed by atoms with Crippen molar-refractivity contribution in [3.8, 4) is 0 Å². The number of Topliss-reactive ketones (excluding diaryl/α,β-unsaturated/α-hetero) is 1. The van der Waals surface area contributed by atoms with Gasteiger partial charge in [0, 0.05) is 18.0 Å². The van der Waals surface area contributed by atoms with Crippen LogP contribution in [0.5, 0.6) is 0 Å².